The van der Waals surface area contributed by atoms with Crippen LogP contribution in [-0.4, -0.2) is 41.4 Å². The van der Waals surface area contributed by atoms with Crippen molar-refractivity contribution in [2.45, 2.75) is 132 Å². The SMILES string of the molecule is CC(C)C1=C2C3CCC4C(C)(CCC5C(C)(C)C(OC(=O)CC(C)(C)C(=O)O)CCC54C)C3CCC2(CCNC(=O)c2ccccc2)CC1=O. The fourth-order valence-corrected chi connectivity index (χ4v) is 12.7. The van der Waals surface area contributed by atoms with Crippen LogP contribution in [0.4, 0.5) is 0 Å². The Labute approximate surface area is 299 Å². The molecule has 1 aromatic carbocycles. The number of allylic oxidation sites excluding steroid dienone is 2. The lowest BCUT2D eigenvalue weighted by atomic mass is 9.36. The van der Waals surface area contributed by atoms with Crippen LogP contribution in [0.25, 0.3) is 0 Å². The predicted molar refractivity (Wildman–Crippen MR) is 194 cm³/mol. The Morgan fingerprint density at radius 2 is 1.60 bits per heavy atom. The van der Waals surface area contributed by atoms with Crippen LogP contribution in [0.1, 0.15) is 136 Å². The number of carbonyl (C=O) groups excluding carboxylic acids is 3. The first-order valence-electron chi connectivity index (χ1n) is 19.4. The average Bonchev–Trinajstić information content (AvgIpc) is 3.34. The highest BCUT2D eigenvalue weighted by atomic mass is 16.5. The zero-order valence-electron chi connectivity index (χ0n) is 31.8. The Kier molecular flexibility index (Phi) is 9.51. The normalized spacial score (nSPS) is 36.2. The van der Waals surface area contributed by atoms with Crippen LogP contribution in [0.3, 0.4) is 0 Å². The van der Waals surface area contributed by atoms with Crippen LogP contribution in [0, 0.1) is 56.7 Å². The second-order valence-corrected chi connectivity index (χ2v) is 18.9. The van der Waals surface area contributed by atoms with Gasteiger partial charge in [-0.25, -0.2) is 0 Å². The van der Waals surface area contributed by atoms with E-state index in [2.05, 4.69) is 46.9 Å². The first-order valence-corrected chi connectivity index (χ1v) is 19.4. The molecule has 0 radical (unpaired) electrons. The van der Waals surface area contributed by atoms with Gasteiger partial charge in [0.1, 0.15) is 6.10 Å². The summed E-state index contributed by atoms with van der Waals surface area (Å²) in [6.45, 7) is 17.8. The van der Waals surface area contributed by atoms with E-state index in [4.69, 9.17) is 4.74 Å². The van der Waals surface area contributed by atoms with Gasteiger partial charge in [0.05, 0.1) is 11.8 Å². The van der Waals surface area contributed by atoms with E-state index in [0.29, 0.717) is 48.0 Å². The monoisotopic (exact) mass is 687 g/mol. The molecule has 2 N–H and O–H groups in total. The maximum Gasteiger partial charge on any atom is 0.309 e. The summed E-state index contributed by atoms with van der Waals surface area (Å²) < 4.78 is 6.14. The molecule has 1 amide bonds. The third-order valence-corrected chi connectivity index (χ3v) is 15.0. The van der Waals surface area contributed by atoms with Crippen molar-refractivity contribution in [3.8, 4) is 0 Å². The smallest absolute Gasteiger partial charge is 0.309 e. The van der Waals surface area contributed by atoms with Crippen LogP contribution in [-0.2, 0) is 19.1 Å². The second-order valence-electron chi connectivity index (χ2n) is 18.9. The van der Waals surface area contributed by atoms with Crippen molar-refractivity contribution in [3.05, 3.63) is 47.0 Å². The van der Waals surface area contributed by atoms with Crippen LogP contribution < -0.4 is 5.32 Å². The molecule has 5 aliphatic carbocycles. The van der Waals surface area contributed by atoms with Gasteiger partial charge < -0.3 is 15.2 Å². The zero-order valence-corrected chi connectivity index (χ0v) is 31.8. The summed E-state index contributed by atoms with van der Waals surface area (Å²) >= 11 is 0. The van der Waals surface area contributed by atoms with Crippen molar-refractivity contribution < 1.29 is 29.0 Å². The molecule has 5 aliphatic rings. The first-order chi connectivity index (χ1) is 23.4. The fraction of sp³-hybridized carbons (Fsp3) is 0.721. The number of nitrogens with one attached hydrogen (secondary N) is 1. The lowest BCUT2D eigenvalue weighted by Gasteiger charge is -2.69. The first kappa shape index (κ1) is 36.8. The molecule has 0 heterocycles. The van der Waals surface area contributed by atoms with Crippen LogP contribution >= 0.6 is 0 Å². The number of amides is 1. The molecule has 274 valence electrons. The fourth-order valence-electron chi connectivity index (χ4n) is 12.7. The van der Waals surface area contributed by atoms with E-state index in [1.54, 1.807) is 13.8 Å². The van der Waals surface area contributed by atoms with Crippen molar-refractivity contribution >= 4 is 23.6 Å². The molecule has 0 spiro atoms. The van der Waals surface area contributed by atoms with E-state index in [1.165, 1.54) is 5.57 Å². The molecule has 1 aromatic rings. The molecule has 6 rings (SSSR count). The average molecular weight is 688 g/mol. The summed E-state index contributed by atoms with van der Waals surface area (Å²) in [7, 11) is 0. The Hall–Kier alpha value is -2.96. The number of Topliss-reactive ketones (excluding diaryl/α,β-unsaturated/α-hetero) is 1. The number of hydrogen-bond donors (Lipinski definition) is 2. The van der Waals surface area contributed by atoms with Crippen LogP contribution in [0.5, 0.6) is 0 Å². The summed E-state index contributed by atoms with van der Waals surface area (Å²) in [6.07, 6.45) is 9.43. The van der Waals surface area contributed by atoms with Gasteiger partial charge in [0.25, 0.3) is 5.91 Å². The van der Waals surface area contributed by atoms with E-state index in [1.807, 2.05) is 30.3 Å². The van der Waals surface area contributed by atoms with Crippen molar-refractivity contribution in [2.24, 2.45) is 56.7 Å². The molecule has 50 heavy (non-hydrogen) atoms. The van der Waals surface area contributed by atoms with E-state index in [0.717, 1.165) is 63.4 Å². The van der Waals surface area contributed by atoms with Gasteiger partial charge in [-0.15, -0.1) is 0 Å². The highest BCUT2D eigenvalue weighted by Gasteiger charge is 2.66. The minimum atomic E-state index is -1.15. The van der Waals surface area contributed by atoms with E-state index in [9.17, 15) is 24.3 Å². The lowest BCUT2D eigenvalue weighted by molar-refractivity contribution is -0.213. The number of benzene rings is 1. The molecular weight excluding hydrogens is 626 g/mol. The van der Waals surface area contributed by atoms with Crippen molar-refractivity contribution in [2.75, 3.05) is 6.54 Å². The van der Waals surface area contributed by atoms with Gasteiger partial charge in [0.2, 0.25) is 0 Å². The molecule has 7 heteroatoms. The highest BCUT2D eigenvalue weighted by molar-refractivity contribution is 6.00. The number of carboxylic acids is 1. The number of hydrogen-bond acceptors (Lipinski definition) is 5. The molecule has 8 unspecified atom stereocenters. The Bertz CT molecular complexity index is 1560. The second kappa shape index (κ2) is 12.9. The lowest BCUT2D eigenvalue weighted by Crippen LogP contribution is -2.63. The number of ether oxygens (including phenoxy) is 1. The summed E-state index contributed by atoms with van der Waals surface area (Å²) in [6, 6.07) is 9.38. The Morgan fingerprint density at radius 1 is 0.920 bits per heavy atom. The number of carbonyl (C=O) groups is 4. The van der Waals surface area contributed by atoms with Gasteiger partial charge in [0.15, 0.2) is 5.78 Å². The molecule has 0 saturated heterocycles. The number of rotatable bonds is 9. The number of aliphatic carboxylic acids is 1. The number of fused-ring (bicyclic) bond motifs is 7. The quantitative estimate of drug-likeness (QED) is 0.251. The van der Waals surface area contributed by atoms with Gasteiger partial charge >= 0.3 is 11.9 Å². The van der Waals surface area contributed by atoms with Crippen molar-refractivity contribution in [1.29, 1.82) is 0 Å². The summed E-state index contributed by atoms with van der Waals surface area (Å²) in [4.78, 5) is 51.5. The summed E-state index contributed by atoms with van der Waals surface area (Å²) in [5.41, 5.74) is 1.95. The van der Waals surface area contributed by atoms with E-state index < -0.39 is 17.4 Å². The Morgan fingerprint density at radius 3 is 2.26 bits per heavy atom. The number of carboxylic acid groups (broad SMARTS) is 1. The van der Waals surface area contributed by atoms with Crippen LogP contribution in [0.15, 0.2) is 41.5 Å². The molecule has 8 atom stereocenters. The summed E-state index contributed by atoms with van der Waals surface area (Å²) in [5.74, 6) is 0.951. The molecule has 4 fully saturated rings. The van der Waals surface area contributed by atoms with Gasteiger partial charge in [-0.2, -0.15) is 0 Å². The van der Waals surface area contributed by atoms with Gasteiger partial charge in [-0.05, 0) is 130 Å². The Balaban J connectivity index is 1.22. The van der Waals surface area contributed by atoms with Gasteiger partial charge in [0, 0.05) is 29.4 Å². The number of esters is 1. The summed E-state index contributed by atoms with van der Waals surface area (Å²) in [5, 5.41) is 12.8. The third kappa shape index (κ3) is 5.96. The minimum Gasteiger partial charge on any atom is -0.481 e. The van der Waals surface area contributed by atoms with E-state index >= 15 is 0 Å². The number of ketones is 1. The molecule has 4 saturated carbocycles. The van der Waals surface area contributed by atoms with Gasteiger partial charge in [-0.1, -0.05) is 65.3 Å². The zero-order chi connectivity index (χ0) is 36.4. The predicted octanol–water partition coefficient (Wildman–Crippen LogP) is 8.81. The molecule has 7 nitrogen and oxygen atoms in total. The van der Waals surface area contributed by atoms with Crippen molar-refractivity contribution in [3.63, 3.8) is 0 Å². The topological polar surface area (TPSA) is 110 Å². The highest BCUT2D eigenvalue weighted by Crippen LogP contribution is 2.73. The molecule has 0 aliphatic heterocycles. The maximum absolute atomic E-state index is 13.9. The van der Waals surface area contributed by atoms with Gasteiger partial charge in [-0.3, -0.25) is 19.2 Å². The third-order valence-electron chi connectivity index (χ3n) is 15.0. The molecule has 0 aromatic heterocycles. The standard InChI is InChI=1S/C43H61NO6/c1-26(2)35-30(45)24-43(22-23-44-37(47)27-12-10-9-11-13-27)21-16-29-28(36(35)43)14-15-32-41(29,7)19-17-31-40(5,6)33(18-20-42(31,32)8)50-34(46)25-39(3,4)38(48)49/h9-13,26,28-29,31-33H,14-25H2,1-8H3,(H,44,47)(H,48,49). The maximum atomic E-state index is 13.9. The van der Waals surface area contributed by atoms with Crippen LogP contribution in [0.2, 0.25) is 0 Å². The van der Waals surface area contributed by atoms with Crippen molar-refractivity contribution in [1.82, 2.24) is 5.32 Å². The molecule has 0 bridgehead atoms. The largest absolute Gasteiger partial charge is 0.481 e. The van der Waals surface area contributed by atoms with E-state index in [-0.39, 0.29) is 46.0 Å². The minimum absolute atomic E-state index is 0.0517. The molecular formula is C43H61NO6.